The summed E-state index contributed by atoms with van der Waals surface area (Å²) in [5, 5.41) is 0.584. The van der Waals surface area contributed by atoms with E-state index >= 15 is 0 Å². The predicted octanol–water partition coefficient (Wildman–Crippen LogP) is 3.71. The van der Waals surface area contributed by atoms with Gasteiger partial charge in [0.2, 0.25) is 0 Å². The van der Waals surface area contributed by atoms with Crippen LogP contribution in [0.5, 0.6) is 0 Å². The highest BCUT2D eigenvalue weighted by molar-refractivity contribution is 5.93. The summed E-state index contributed by atoms with van der Waals surface area (Å²) in [6, 6.07) is 15.3. The van der Waals surface area contributed by atoms with Crippen LogP contribution in [0.1, 0.15) is 18.6 Å². The smallest absolute Gasteiger partial charge is 0.266 e. The average Bonchev–Trinajstić information content (AvgIpc) is 2.68. The molecule has 0 N–H and O–H groups in total. The lowest BCUT2D eigenvalue weighted by molar-refractivity contribution is 0.833. The summed E-state index contributed by atoms with van der Waals surface area (Å²) in [6.07, 6.45) is 4.16. The van der Waals surface area contributed by atoms with Gasteiger partial charge in [-0.05, 0) is 30.7 Å². The second kappa shape index (κ2) is 6.52. The molecular weight excluding hydrogens is 324 g/mol. The molecule has 4 aromatic rings. The third-order valence-corrected chi connectivity index (χ3v) is 4.39. The summed E-state index contributed by atoms with van der Waals surface area (Å²) < 4.78 is 1.70. The van der Waals surface area contributed by atoms with Crippen LogP contribution in [-0.2, 0) is 6.42 Å². The monoisotopic (exact) mass is 342 g/mol. The Bertz CT molecular complexity index is 1130. The van der Waals surface area contributed by atoms with Crippen LogP contribution >= 0.6 is 0 Å². The minimum atomic E-state index is -0.0748. The van der Waals surface area contributed by atoms with Crippen LogP contribution in [0.3, 0.4) is 0 Å². The van der Waals surface area contributed by atoms with Gasteiger partial charge in [0.25, 0.3) is 5.56 Å². The van der Waals surface area contributed by atoms with Crippen molar-refractivity contribution in [3.8, 4) is 16.8 Å². The van der Waals surface area contributed by atoms with Crippen molar-refractivity contribution in [1.29, 1.82) is 0 Å². The van der Waals surface area contributed by atoms with Crippen molar-refractivity contribution in [2.45, 2.75) is 20.3 Å². The molecule has 0 amide bonds. The fourth-order valence-electron chi connectivity index (χ4n) is 3.13. The molecule has 128 valence electrons. The average molecular weight is 342 g/mol. The van der Waals surface area contributed by atoms with Crippen LogP contribution in [0.2, 0.25) is 0 Å². The first kappa shape index (κ1) is 16.1. The zero-order valence-corrected chi connectivity index (χ0v) is 14.7. The van der Waals surface area contributed by atoms with Gasteiger partial charge >= 0.3 is 0 Å². The summed E-state index contributed by atoms with van der Waals surface area (Å²) in [6.45, 7) is 3.84. The summed E-state index contributed by atoms with van der Waals surface area (Å²) >= 11 is 0. The number of rotatable bonds is 3. The van der Waals surface area contributed by atoms with Gasteiger partial charge in [-0.3, -0.25) is 9.36 Å². The molecule has 0 radical (unpaired) electrons. The van der Waals surface area contributed by atoms with E-state index in [0.29, 0.717) is 23.1 Å². The first-order valence-corrected chi connectivity index (χ1v) is 8.58. The molecule has 0 aliphatic heterocycles. The molecule has 5 nitrogen and oxygen atoms in total. The molecular formula is C21H18N4O. The molecule has 0 atom stereocenters. The highest BCUT2D eigenvalue weighted by Crippen LogP contribution is 2.25. The summed E-state index contributed by atoms with van der Waals surface area (Å²) in [5.41, 5.74) is 3.04. The van der Waals surface area contributed by atoms with Gasteiger partial charge in [-0.15, -0.1) is 0 Å². The highest BCUT2D eigenvalue weighted by Gasteiger charge is 2.15. The van der Waals surface area contributed by atoms with Gasteiger partial charge in [0, 0.05) is 24.4 Å². The van der Waals surface area contributed by atoms with Crippen LogP contribution in [0.4, 0.5) is 0 Å². The first-order chi connectivity index (χ1) is 12.7. The first-order valence-electron chi connectivity index (χ1n) is 8.58. The van der Waals surface area contributed by atoms with Crippen molar-refractivity contribution in [2.75, 3.05) is 0 Å². The number of aryl methyl sites for hydroxylation is 2. The number of para-hydroxylation sites is 1. The second-order valence-electron chi connectivity index (χ2n) is 6.08. The molecule has 2 aromatic heterocycles. The molecule has 0 spiro atoms. The summed E-state index contributed by atoms with van der Waals surface area (Å²) in [7, 11) is 0. The highest BCUT2D eigenvalue weighted by atomic mass is 16.1. The Morgan fingerprint density at radius 2 is 1.69 bits per heavy atom. The summed E-state index contributed by atoms with van der Waals surface area (Å²) in [5.74, 6) is 1.44. The number of fused-ring (bicyclic) bond motifs is 1. The Kier molecular flexibility index (Phi) is 4.05. The zero-order valence-electron chi connectivity index (χ0n) is 14.7. The predicted molar refractivity (Wildman–Crippen MR) is 102 cm³/mol. The Balaban J connectivity index is 2.08. The van der Waals surface area contributed by atoms with E-state index in [1.165, 1.54) is 0 Å². The number of aromatic nitrogens is 4. The largest absolute Gasteiger partial charge is 0.268 e. The molecule has 5 heteroatoms. The van der Waals surface area contributed by atoms with Crippen LogP contribution < -0.4 is 5.56 Å². The molecule has 0 aliphatic carbocycles. The fourth-order valence-corrected chi connectivity index (χ4v) is 3.13. The Hall–Kier alpha value is -3.34. The molecule has 0 saturated heterocycles. The van der Waals surface area contributed by atoms with E-state index < -0.39 is 0 Å². The van der Waals surface area contributed by atoms with Crippen molar-refractivity contribution >= 4 is 10.9 Å². The van der Waals surface area contributed by atoms with Crippen molar-refractivity contribution < 1.29 is 0 Å². The zero-order chi connectivity index (χ0) is 18.1. The van der Waals surface area contributed by atoms with E-state index in [2.05, 4.69) is 9.97 Å². The van der Waals surface area contributed by atoms with Crippen molar-refractivity contribution in [1.82, 2.24) is 19.5 Å². The SMILES string of the molecule is CCc1nc2cccc(-c3cnc(C)nc3)c2c(=O)n1-c1ccccc1. The minimum Gasteiger partial charge on any atom is -0.268 e. The van der Waals surface area contributed by atoms with E-state index in [-0.39, 0.29) is 5.56 Å². The van der Waals surface area contributed by atoms with Gasteiger partial charge < -0.3 is 0 Å². The van der Waals surface area contributed by atoms with Gasteiger partial charge in [-0.2, -0.15) is 0 Å². The van der Waals surface area contributed by atoms with Crippen molar-refractivity contribution in [3.05, 3.63) is 82.9 Å². The molecule has 0 aliphatic rings. The third-order valence-electron chi connectivity index (χ3n) is 4.39. The van der Waals surface area contributed by atoms with Gasteiger partial charge in [0.1, 0.15) is 11.6 Å². The van der Waals surface area contributed by atoms with E-state index in [1.54, 1.807) is 17.0 Å². The molecule has 0 unspecified atom stereocenters. The van der Waals surface area contributed by atoms with Crippen LogP contribution in [0, 0.1) is 6.92 Å². The molecule has 0 bridgehead atoms. The standard InChI is InChI=1S/C21H18N4O/c1-3-19-24-18-11-7-10-17(15-12-22-14(2)23-13-15)20(18)21(26)25(19)16-8-5-4-6-9-16/h4-13H,3H2,1-2H3. The Labute approximate surface area is 151 Å². The molecule has 2 aromatic carbocycles. The Morgan fingerprint density at radius 3 is 2.38 bits per heavy atom. The van der Waals surface area contributed by atoms with Crippen molar-refractivity contribution in [2.24, 2.45) is 0 Å². The maximum absolute atomic E-state index is 13.5. The van der Waals surface area contributed by atoms with Gasteiger partial charge in [0.05, 0.1) is 16.6 Å². The van der Waals surface area contributed by atoms with Crippen LogP contribution in [0.25, 0.3) is 27.7 Å². The fraction of sp³-hybridized carbons (Fsp3) is 0.143. The normalized spacial score (nSPS) is 11.0. The quantitative estimate of drug-likeness (QED) is 0.569. The molecule has 0 fully saturated rings. The molecule has 0 saturated carbocycles. The van der Waals surface area contributed by atoms with Crippen LogP contribution in [-0.4, -0.2) is 19.5 Å². The van der Waals surface area contributed by atoms with Crippen LogP contribution in [0.15, 0.2) is 65.7 Å². The van der Waals surface area contributed by atoms with Gasteiger partial charge in [-0.1, -0.05) is 37.3 Å². The number of benzene rings is 2. The van der Waals surface area contributed by atoms with E-state index in [9.17, 15) is 4.79 Å². The number of hydrogen-bond acceptors (Lipinski definition) is 4. The number of nitrogens with zero attached hydrogens (tertiary/aromatic N) is 4. The number of hydrogen-bond donors (Lipinski definition) is 0. The van der Waals surface area contributed by atoms with E-state index in [1.807, 2.05) is 62.4 Å². The maximum Gasteiger partial charge on any atom is 0.266 e. The van der Waals surface area contributed by atoms with Crippen molar-refractivity contribution in [3.63, 3.8) is 0 Å². The molecule has 26 heavy (non-hydrogen) atoms. The molecule has 4 rings (SSSR count). The van der Waals surface area contributed by atoms with Gasteiger partial charge in [0.15, 0.2) is 0 Å². The van der Waals surface area contributed by atoms with E-state index in [0.717, 1.165) is 22.6 Å². The molecule has 2 heterocycles. The minimum absolute atomic E-state index is 0.0748. The second-order valence-corrected chi connectivity index (χ2v) is 6.08. The Morgan fingerprint density at radius 1 is 0.962 bits per heavy atom. The lowest BCUT2D eigenvalue weighted by atomic mass is 10.0. The maximum atomic E-state index is 13.5. The third kappa shape index (κ3) is 2.67. The van der Waals surface area contributed by atoms with E-state index in [4.69, 9.17) is 4.98 Å². The topological polar surface area (TPSA) is 60.7 Å². The van der Waals surface area contributed by atoms with Gasteiger partial charge in [-0.25, -0.2) is 15.0 Å². The lowest BCUT2D eigenvalue weighted by Crippen LogP contribution is -2.24. The summed E-state index contributed by atoms with van der Waals surface area (Å²) in [4.78, 5) is 26.7. The lowest BCUT2D eigenvalue weighted by Gasteiger charge is -2.14.